The zero-order valence-electron chi connectivity index (χ0n) is 8.53. The lowest BCUT2D eigenvalue weighted by atomic mass is 10.3. The number of nitrogens with one attached hydrogen (secondary N) is 1. The van der Waals surface area contributed by atoms with Crippen molar-refractivity contribution in [1.82, 2.24) is 20.2 Å². The molecule has 0 radical (unpaired) electrons. The van der Waals surface area contributed by atoms with Crippen molar-refractivity contribution in [3.63, 3.8) is 0 Å². The first-order valence-electron chi connectivity index (χ1n) is 4.51. The first-order valence-corrected chi connectivity index (χ1v) is 5.33. The summed E-state index contributed by atoms with van der Waals surface area (Å²) >= 11 is 1.15. The Bertz CT molecular complexity index is 546. The maximum Gasteiger partial charge on any atom is 0.149 e. The zero-order chi connectivity index (χ0) is 12.3. The van der Waals surface area contributed by atoms with Gasteiger partial charge in [-0.05, 0) is 17.8 Å². The van der Waals surface area contributed by atoms with Gasteiger partial charge in [0.15, 0.2) is 0 Å². The molecule has 0 aromatic carbocycles. The molecule has 0 unspecified atom stereocenters. The van der Waals surface area contributed by atoms with E-state index in [-0.39, 0.29) is 17.1 Å². The van der Waals surface area contributed by atoms with E-state index in [1.54, 1.807) is 12.3 Å². The van der Waals surface area contributed by atoms with Gasteiger partial charge in [0.25, 0.3) is 0 Å². The molecule has 2 rings (SSSR count). The molecule has 0 bridgehead atoms. The summed E-state index contributed by atoms with van der Waals surface area (Å²) in [7, 11) is 0. The Morgan fingerprint density at radius 3 is 2.94 bits per heavy atom. The van der Waals surface area contributed by atoms with Gasteiger partial charge in [0, 0.05) is 6.20 Å². The van der Waals surface area contributed by atoms with Gasteiger partial charge in [0.2, 0.25) is 0 Å². The SMILES string of the molecule is N=C(N)c1c(O)cnnc1Sc1ccncn1. The van der Waals surface area contributed by atoms with Gasteiger partial charge in [-0.2, -0.15) is 5.10 Å². The fraction of sp³-hybridized carbons (Fsp3) is 0. The average molecular weight is 248 g/mol. The molecule has 0 aliphatic heterocycles. The molecule has 86 valence electrons. The second-order valence-electron chi connectivity index (χ2n) is 2.97. The van der Waals surface area contributed by atoms with Crippen LogP contribution in [0.15, 0.2) is 34.8 Å². The molecule has 7 nitrogen and oxygen atoms in total. The quantitative estimate of drug-likeness (QED) is 0.408. The van der Waals surface area contributed by atoms with E-state index in [9.17, 15) is 5.11 Å². The van der Waals surface area contributed by atoms with E-state index in [4.69, 9.17) is 11.1 Å². The number of aromatic nitrogens is 4. The minimum absolute atomic E-state index is 0.156. The largest absolute Gasteiger partial charge is 0.505 e. The molecule has 2 heterocycles. The molecule has 0 aliphatic carbocycles. The number of nitrogen functional groups attached to an aromatic ring is 1. The Morgan fingerprint density at radius 2 is 2.29 bits per heavy atom. The van der Waals surface area contributed by atoms with Crippen LogP contribution in [0.4, 0.5) is 0 Å². The Balaban J connectivity index is 2.40. The lowest BCUT2D eigenvalue weighted by Gasteiger charge is -2.06. The van der Waals surface area contributed by atoms with Crippen molar-refractivity contribution in [3.8, 4) is 5.75 Å². The Kier molecular flexibility index (Phi) is 3.15. The van der Waals surface area contributed by atoms with Crippen molar-refractivity contribution in [2.24, 2.45) is 5.73 Å². The predicted octanol–water partition coefficient (Wildman–Crippen LogP) is 0.407. The highest BCUT2D eigenvalue weighted by molar-refractivity contribution is 7.99. The predicted molar refractivity (Wildman–Crippen MR) is 60.9 cm³/mol. The van der Waals surface area contributed by atoms with E-state index in [2.05, 4.69) is 20.2 Å². The smallest absolute Gasteiger partial charge is 0.149 e. The third kappa shape index (κ3) is 2.48. The summed E-state index contributed by atoms with van der Waals surface area (Å²) in [5.74, 6) is -0.446. The number of nitrogens with zero attached hydrogens (tertiary/aromatic N) is 4. The average Bonchev–Trinajstić information content (AvgIpc) is 2.30. The molecule has 0 saturated heterocycles. The van der Waals surface area contributed by atoms with Crippen molar-refractivity contribution in [2.75, 3.05) is 0 Å². The van der Waals surface area contributed by atoms with Crippen LogP contribution in [0, 0.1) is 5.41 Å². The minimum Gasteiger partial charge on any atom is -0.505 e. The fourth-order valence-electron chi connectivity index (χ4n) is 1.12. The lowest BCUT2D eigenvalue weighted by Crippen LogP contribution is -2.14. The van der Waals surface area contributed by atoms with Crippen LogP contribution in [0.2, 0.25) is 0 Å². The van der Waals surface area contributed by atoms with Crippen molar-refractivity contribution >= 4 is 17.6 Å². The van der Waals surface area contributed by atoms with Crippen molar-refractivity contribution in [3.05, 3.63) is 30.4 Å². The number of amidine groups is 1. The summed E-state index contributed by atoms with van der Waals surface area (Å²) in [5, 5.41) is 25.3. The molecule has 2 aromatic rings. The van der Waals surface area contributed by atoms with Crippen LogP contribution in [-0.4, -0.2) is 31.1 Å². The number of aromatic hydroxyl groups is 1. The van der Waals surface area contributed by atoms with Crippen LogP contribution in [0.3, 0.4) is 0 Å². The standard InChI is InChI=1S/C9H8N6OS/c10-8(11)7-5(16)3-14-15-9(7)17-6-1-2-12-4-13-6/h1-4H,(H3,10,11)(H,15,16). The summed E-state index contributed by atoms with van der Waals surface area (Å²) in [6.07, 6.45) is 4.12. The van der Waals surface area contributed by atoms with Crippen molar-refractivity contribution in [2.45, 2.75) is 10.1 Å². The topological polar surface area (TPSA) is 122 Å². The van der Waals surface area contributed by atoms with E-state index >= 15 is 0 Å². The highest BCUT2D eigenvalue weighted by Crippen LogP contribution is 2.29. The third-order valence-electron chi connectivity index (χ3n) is 1.82. The lowest BCUT2D eigenvalue weighted by molar-refractivity contribution is 0.466. The van der Waals surface area contributed by atoms with E-state index in [1.807, 2.05) is 0 Å². The maximum absolute atomic E-state index is 9.57. The number of hydrogen-bond donors (Lipinski definition) is 3. The molecular formula is C9H8N6OS. The Hall–Kier alpha value is -2.22. The van der Waals surface area contributed by atoms with Crippen LogP contribution < -0.4 is 5.73 Å². The molecule has 0 aliphatic rings. The summed E-state index contributed by atoms with van der Waals surface area (Å²) in [6, 6.07) is 1.68. The number of rotatable bonds is 3. The van der Waals surface area contributed by atoms with Crippen LogP contribution in [0.25, 0.3) is 0 Å². The van der Waals surface area contributed by atoms with E-state index in [1.165, 1.54) is 6.33 Å². The molecule has 2 aromatic heterocycles. The van der Waals surface area contributed by atoms with Gasteiger partial charge in [-0.25, -0.2) is 9.97 Å². The van der Waals surface area contributed by atoms with Gasteiger partial charge in [-0.15, -0.1) is 5.10 Å². The molecule has 17 heavy (non-hydrogen) atoms. The van der Waals surface area contributed by atoms with Gasteiger partial charge < -0.3 is 10.8 Å². The number of hydrogen-bond acceptors (Lipinski definition) is 7. The fourth-order valence-corrected chi connectivity index (χ4v) is 1.95. The second-order valence-corrected chi connectivity index (χ2v) is 3.98. The Labute approximate surface area is 101 Å². The number of nitrogens with two attached hydrogens (primary N) is 1. The van der Waals surface area contributed by atoms with Crippen LogP contribution >= 0.6 is 11.8 Å². The second kappa shape index (κ2) is 4.74. The molecule has 0 fully saturated rings. The third-order valence-corrected chi connectivity index (χ3v) is 2.75. The molecule has 8 heteroatoms. The van der Waals surface area contributed by atoms with Crippen molar-refractivity contribution < 1.29 is 5.11 Å². The maximum atomic E-state index is 9.57. The van der Waals surface area contributed by atoms with Gasteiger partial charge in [-0.3, -0.25) is 5.41 Å². The van der Waals surface area contributed by atoms with Crippen molar-refractivity contribution in [1.29, 1.82) is 5.41 Å². The highest BCUT2D eigenvalue weighted by Gasteiger charge is 2.14. The molecular weight excluding hydrogens is 240 g/mol. The first-order chi connectivity index (χ1) is 8.18. The molecule has 0 atom stereocenters. The first kappa shape index (κ1) is 11.3. The zero-order valence-corrected chi connectivity index (χ0v) is 9.35. The van der Waals surface area contributed by atoms with E-state index < -0.39 is 0 Å². The summed E-state index contributed by atoms with van der Waals surface area (Å²) < 4.78 is 0. The van der Waals surface area contributed by atoms with Crippen LogP contribution in [0.1, 0.15) is 5.56 Å². The van der Waals surface area contributed by atoms with Crippen LogP contribution in [-0.2, 0) is 0 Å². The monoisotopic (exact) mass is 248 g/mol. The van der Waals surface area contributed by atoms with Gasteiger partial charge in [-0.1, -0.05) is 0 Å². The van der Waals surface area contributed by atoms with Gasteiger partial charge in [0.05, 0.1) is 11.8 Å². The molecule has 4 N–H and O–H groups in total. The van der Waals surface area contributed by atoms with Gasteiger partial charge in [0.1, 0.15) is 28.0 Å². The molecule has 0 spiro atoms. The summed E-state index contributed by atoms with van der Waals surface area (Å²) in [6.45, 7) is 0. The molecule has 0 amide bonds. The van der Waals surface area contributed by atoms with Gasteiger partial charge >= 0.3 is 0 Å². The summed E-state index contributed by atoms with van der Waals surface area (Å²) in [4.78, 5) is 7.78. The van der Waals surface area contributed by atoms with E-state index in [0.717, 1.165) is 18.0 Å². The Morgan fingerprint density at radius 1 is 1.47 bits per heavy atom. The van der Waals surface area contributed by atoms with Crippen LogP contribution in [0.5, 0.6) is 5.75 Å². The minimum atomic E-state index is -0.269. The van der Waals surface area contributed by atoms with E-state index in [0.29, 0.717) is 10.1 Å². The highest BCUT2D eigenvalue weighted by atomic mass is 32.2. The molecule has 0 saturated carbocycles. The summed E-state index contributed by atoms with van der Waals surface area (Å²) in [5.41, 5.74) is 5.53. The normalized spacial score (nSPS) is 10.1.